The van der Waals surface area contributed by atoms with Crippen LogP contribution in [0, 0.1) is 19.7 Å². The van der Waals surface area contributed by atoms with E-state index in [0.29, 0.717) is 17.5 Å². The van der Waals surface area contributed by atoms with E-state index in [1.807, 2.05) is 26.0 Å². The van der Waals surface area contributed by atoms with Crippen LogP contribution in [0.5, 0.6) is 0 Å². The van der Waals surface area contributed by atoms with Gasteiger partial charge in [-0.05, 0) is 42.7 Å². The first kappa shape index (κ1) is 17.4. The largest absolute Gasteiger partial charge is 0.285 e. The number of nitrogens with zero attached hydrogens (tertiary/aromatic N) is 3. The van der Waals surface area contributed by atoms with Gasteiger partial charge in [-0.2, -0.15) is 5.10 Å². The Labute approximate surface area is 150 Å². The lowest BCUT2D eigenvalue weighted by atomic mass is 10.1. The Morgan fingerprint density at radius 2 is 1.96 bits per heavy atom. The minimum Gasteiger partial charge on any atom is -0.285 e. The topological polar surface area (TPSA) is 45.0 Å². The Balaban J connectivity index is 1.75. The molecule has 6 heteroatoms. The summed E-state index contributed by atoms with van der Waals surface area (Å²) in [5.41, 5.74) is 4.17. The summed E-state index contributed by atoms with van der Waals surface area (Å²) in [7, 11) is 0. The zero-order valence-electron chi connectivity index (χ0n) is 14.1. The van der Waals surface area contributed by atoms with E-state index in [4.69, 9.17) is 0 Å². The molecule has 1 fully saturated rings. The third kappa shape index (κ3) is 4.33. The number of amides is 1. The maximum absolute atomic E-state index is 13.0. The van der Waals surface area contributed by atoms with E-state index >= 15 is 0 Å². The van der Waals surface area contributed by atoms with E-state index in [9.17, 15) is 9.18 Å². The SMILES string of the molecule is Cc1ccc(/C=N/N=C2\SCC(=O)N2Cc2ccc(F)cc2)c(C)c1. The summed E-state index contributed by atoms with van der Waals surface area (Å²) in [5, 5.41) is 8.92. The Morgan fingerprint density at radius 3 is 2.68 bits per heavy atom. The Kier molecular flexibility index (Phi) is 5.28. The van der Waals surface area contributed by atoms with Gasteiger partial charge in [0.2, 0.25) is 5.91 Å². The predicted molar refractivity (Wildman–Crippen MR) is 100 cm³/mol. The standard InChI is InChI=1S/C19H18FN3OS/c1-13-3-6-16(14(2)9-13)10-21-22-19-23(18(24)12-25-19)11-15-4-7-17(20)8-5-15/h3-10H,11-12H2,1-2H3/b21-10+,22-19-. The lowest BCUT2D eigenvalue weighted by Crippen LogP contribution is -2.28. The fourth-order valence-electron chi connectivity index (χ4n) is 2.51. The summed E-state index contributed by atoms with van der Waals surface area (Å²) in [6.45, 7) is 4.43. The maximum Gasteiger partial charge on any atom is 0.239 e. The smallest absolute Gasteiger partial charge is 0.239 e. The Bertz CT molecular complexity index is 846. The molecule has 1 heterocycles. The molecule has 2 aromatic rings. The predicted octanol–water partition coefficient (Wildman–Crippen LogP) is 3.91. The van der Waals surface area contributed by atoms with Crippen LogP contribution >= 0.6 is 11.8 Å². The number of hydrogen-bond acceptors (Lipinski definition) is 4. The van der Waals surface area contributed by atoms with Crippen LogP contribution in [-0.2, 0) is 11.3 Å². The first-order valence-corrected chi connectivity index (χ1v) is 8.87. The van der Waals surface area contributed by atoms with Crippen molar-refractivity contribution in [3.05, 3.63) is 70.5 Å². The number of carbonyl (C=O) groups excluding carboxylic acids is 1. The van der Waals surface area contributed by atoms with Crippen molar-refractivity contribution < 1.29 is 9.18 Å². The highest BCUT2D eigenvalue weighted by atomic mass is 32.2. The highest BCUT2D eigenvalue weighted by Crippen LogP contribution is 2.22. The minimum absolute atomic E-state index is 0.0187. The second kappa shape index (κ2) is 7.61. The van der Waals surface area contributed by atoms with E-state index in [2.05, 4.69) is 16.3 Å². The van der Waals surface area contributed by atoms with E-state index in [0.717, 1.165) is 16.7 Å². The van der Waals surface area contributed by atoms with Gasteiger partial charge < -0.3 is 0 Å². The molecule has 0 N–H and O–H groups in total. The summed E-state index contributed by atoms with van der Waals surface area (Å²) in [6, 6.07) is 12.2. The quantitative estimate of drug-likeness (QED) is 0.617. The van der Waals surface area contributed by atoms with Gasteiger partial charge in [-0.25, -0.2) is 4.39 Å². The summed E-state index contributed by atoms with van der Waals surface area (Å²) >= 11 is 1.36. The third-order valence-corrected chi connectivity index (χ3v) is 4.83. The van der Waals surface area contributed by atoms with E-state index in [1.165, 1.54) is 29.5 Å². The molecule has 0 saturated carbocycles. The molecule has 2 aromatic carbocycles. The molecule has 1 aliphatic heterocycles. The van der Waals surface area contributed by atoms with Gasteiger partial charge >= 0.3 is 0 Å². The van der Waals surface area contributed by atoms with Gasteiger partial charge in [-0.1, -0.05) is 47.7 Å². The summed E-state index contributed by atoms with van der Waals surface area (Å²) in [6.07, 6.45) is 1.70. The van der Waals surface area contributed by atoms with Crippen molar-refractivity contribution >= 4 is 29.1 Å². The van der Waals surface area contributed by atoms with Crippen LogP contribution in [0.3, 0.4) is 0 Å². The summed E-state index contributed by atoms with van der Waals surface area (Å²) in [5.74, 6) is 0.0340. The fraction of sp³-hybridized carbons (Fsp3) is 0.211. The van der Waals surface area contributed by atoms with Crippen LogP contribution in [0.1, 0.15) is 22.3 Å². The van der Waals surface area contributed by atoms with Crippen molar-refractivity contribution in [3.8, 4) is 0 Å². The summed E-state index contributed by atoms with van der Waals surface area (Å²) < 4.78 is 13.0. The molecule has 0 unspecified atom stereocenters. The van der Waals surface area contributed by atoms with Gasteiger partial charge in [0.25, 0.3) is 0 Å². The number of benzene rings is 2. The molecule has 0 bridgehead atoms. The monoisotopic (exact) mass is 355 g/mol. The first-order valence-electron chi connectivity index (χ1n) is 7.89. The second-order valence-electron chi connectivity index (χ2n) is 5.88. The molecular formula is C19H18FN3OS. The van der Waals surface area contributed by atoms with Gasteiger partial charge in [0.05, 0.1) is 18.5 Å². The van der Waals surface area contributed by atoms with E-state index < -0.39 is 0 Å². The highest BCUT2D eigenvalue weighted by molar-refractivity contribution is 8.15. The average molecular weight is 355 g/mol. The number of halogens is 1. The molecule has 1 amide bonds. The number of rotatable bonds is 4. The average Bonchev–Trinajstić information content (AvgIpc) is 2.92. The number of carbonyl (C=O) groups is 1. The van der Waals surface area contributed by atoms with Crippen LogP contribution in [0.4, 0.5) is 4.39 Å². The molecule has 4 nitrogen and oxygen atoms in total. The van der Waals surface area contributed by atoms with Crippen molar-refractivity contribution in [1.29, 1.82) is 0 Å². The van der Waals surface area contributed by atoms with Crippen molar-refractivity contribution in [2.24, 2.45) is 10.2 Å². The number of amidine groups is 1. The van der Waals surface area contributed by atoms with Gasteiger partial charge in [0, 0.05) is 0 Å². The second-order valence-corrected chi connectivity index (χ2v) is 6.82. The zero-order valence-corrected chi connectivity index (χ0v) is 14.9. The highest BCUT2D eigenvalue weighted by Gasteiger charge is 2.28. The third-order valence-electron chi connectivity index (χ3n) is 3.88. The van der Waals surface area contributed by atoms with E-state index in [1.54, 1.807) is 23.2 Å². The Hall–Kier alpha value is -2.47. The lowest BCUT2D eigenvalue weighted by Gasteiger charge is -2.15. The molecule has 0 spiro atoms. The molecule has 25 heavy (non-hydrogen) atoms. The zero-order chi connectivity index (χ0) is 17.8. The number of hydrogen-bond donors (Lipinski definition) is 0. The normalized spacial score (nSPS) is 16.4. The molecular weight excluding hydrogens is 337 g/mol. The lowest BCUT2D eigenvalue weighted by molar-refractivity contribution is -0.124. The molecule has 0 aliphatic carbocycles. The van der Waals surface area contributed by atoms with Crippen LogP contribution in [0.15, 0.2) is 52.7 Å². The van der Waals surface area contributed by atoms with Gasteiger partial charge in [0.15, 0.2) is 5.17 Å². The molecule has 0 atom stereocenters. The van der Waals surface area contributed by atoms with Gasteiger partial charge in [0.1, 0.15) is 5.82 Å². The summed E-state index contributed by atoms with van der Waals surface area (Å²) in [4.78, 5) is 13.7. The molecule has 3 rings (SSSR count). The van der Waals surface area contributed by atoms with Gasteiger partial charge in [-0.15, -0.1) is 5.10 Å². The van der Waals surface area contributed by atoms with Crippen LogP contribution in [0.25, 0.3) is 0 Å². The van der Waals surface area contributed by atoms with Crippen molar-refractivity contribution in [2.75, 3.05) is 5.75 Å². The molecule has 0 aromatic heterocycles. The Morgan fingerprint density at radius 1 is 1.20 bits per heavy atom. The van der Waals surface area contributed by atoms with Crippen molar-refractivity contribution in [3.63, 3.8) is 0 Å². The number of aryl methyl sites for hydroxylation is 2. The van der Waals surface area contributed by atoms with E-state index in [-0.39, 0.29) is 11.7 Å². The van der Waals surface area contributed by atoms with Crippen LogP contribution < -0.4 is 0 Å². The van der Waals surface area contributed by atoms with Crippen molar-refractivity contribution in [1.82, 2.24) is 4.90 Å². The van der Waals surface area contributed by atoms with Crippen LogP contribution in [0.2, 0.25) is 0 Å². The molecule has 1 aliphatic rings. The molecule has 0 radical (unpaired) electrons. The van der Waals surface area contributed by atoms with Crippen molar-refractivity contribution in [2.45, 2.75) is 20.4 Å². The molecule has 128 valence electrons. The minimum atomic E-state index is -0.294. The first-order chi connectivity index (χ1) is 12.0. The molecule has 1 saturated heterocycles. The maximum atomic E-state index is 13.0. The van der Waals surface area contributed by atoms with Crippen LogP contribution in [-0.4, -0.2) is 27.9 Å². The van der Waals surface area contributed by atoms with Gasteiger partial charge in [-0.3, -0.25) is 9.69 Å². The number of thioether (sulfide) groups is 1. The fourth-order valence-corrected chi connectivity index (χ4v) is 3.35.